The molecule has 1 N–H and O–H groups in total. The van der Waals surface area contributed by atoms with Crippen molar-refractivity contribution in [2.75, 3.05) is 7.11 Å². The summed E-state index contributed by atoms with van der Waals surface area (Å²) in [4.78, 5) is 11.7. The number of ether oxygens (including phenoxy) is 1. The second-order valence-corrected chi connectivity index (χ2v) is 4.76. The SMILES string of the molecule is COc1cc(C(=O)NC2CC2)ccc1I. The van der Waals surface area contributed by atoms with Gasteiger partial charge in [-0.25, -0.2) is 0 Å². The largest absolute Gasteiger partial charge is 0.496 e. The predicted octanol–water partition coefficient (Wildman–Crippen LogP) is 2.19. The lowest BCUT2D eigenvalue weighted by Crippen LogP contribution is -2.25. The van der Waals surface area contributed by atoms with E-state index in [-0.39, 0.29) is 5.91 Å². The van der Waals surface area contributed by atoms with Crippen LogP contribution in [0.4, 0.5) is 0 Å². The molecule has 0 saturated heterocycles. The van der Waals surface area contributed by atoms with Gasteiger partial charge in [-0.2, -0.15) is 0 Å². The molecule has 2 rings (SSSR count). The van der Waals surface area contributed by atoms with Crippen molar-refractivity contribution in [2.24, 2.45) is 0 Å². The van der Waals surface area contributed by atoms with Crippen LogP contribution in [0.25, 0.3) is 0 Å². The Balaban J connectivity index is 2.16. The normalized spacial score (nSPS) is 14.8. The van der Waals surface area contributed by atoms with Crippen molar-refractivity contribution < 1.29 is 9.53 Å². The number of carbonyl (C=O) groups is 1. The third-order valence-corrected chi connectivity index (χ3v) is 3.22. The molecule has 15 heavy (non-hydrogen) atoms. The number of hydrogen-bond acceptors (Lipinski definition) is 2. The van der Waals surface area contributed by atoms with Crippen LogP contribution in [0, 0.1) is 3.57 Å². The molecule has 1 amide bonds. The molecule has 3 nitrogen and oxygen atoms in total. The van der Waals surface area contributed by atoms with Crippen molar-refractivity contribution in [3.63, 3.8) is 0 Å². The highest BCUT2D eigenvalue weighted by Crippen LogP contribution is 2.23. The van der Waals surface area contributed by atoms with Gasteiger partial charge in [0.25, 0.3) is 5.91 Å². The van der Waals surface area contributed by atoms with Gasteiger partial charge in [0.15, 0.2) is 0 Å². The summed E-state index contributed by atoms with van der Waals surface area (Å²) in [6.45, 7) is 0. The summed E-state index contributed by atoms with van der Waals surface area (Å²) >= 11 is 2.18. The molecular weight excluding hydrogens is 305 g/mol. The fourth-order valence-electron chi connectivity index (χ4n) is 1.30. The predicted molar refractivity (Wildman–Crippen MR) is 66.2 cm³/mol. The zero-order chi connectivity index (χ0) is 10.8. The minimum atomic E-state index is -0.00722. The monoisotopic (exact) mass is 317 g/mol. The molecule has 0 unspecified atom stereocenters. The molecule has 80 valence electrons. The van der Waals surface area contributed by atoms with Gasteiger partial charge in [0.1, 0.15) is 5.75 Å². The van der Waals surface area contributed by atoms with Gasteiger partial charge in [0.05, 0.1) is 10.7 Å². The second-order valence-electron chi connectivity index (χ2n) is 3.60. The lowest BCUT2D eigenvalue weighted by molar-refractivity contribution is 0.0950. The van der Waals surface area contributed by atoms with E-state index in [0.717, 1.165) is 22.2 Å². The maximum atomic E-state index is 11.7. The van der Waals surface area contributed by atoms with E-state index < -0.39 is 0 Å². The number of amides is 1. The standard InChI is InChI=1S/C11H12INO2/c1-15-10-6-7(2-5-9(10)12)11(14)13-8-3-4-8/h2,5-6,8H,3-4H2,1H3,(H,13,14). The maximum Gasteiger partial charge on any atom is 0.251 e. The zero-order valence-corrected chi connectivity index (χ0v) is 10.6. The van der Waals surface area contributed by atoms with Crippen LogP contribution in [-0.2, 0) is 0 Å². The van der Waals surface area contributed by atoms with Crippen molar-refractivity contribution in [2.45, 2.75) is 18.9 Å². The zero-order valence-electron chi connectivity index (χ0n) is 8.42. The molecule has 1 aliphatic rings. The lowest BCUT2D eigenvalue weighted by atomic mass is 10.2. The van der Waals surface area contributed by atoms with Crippen molar-refractivity contribution >= 4 is 28.5 Å². The summed E-state index contributed by atoms with van der Waals surface area (Å²) in [5.74, 6) is 0.742. The fourth-order valence-corrected chi connectivity index (χ4v) is 1.85. The molecular formula is C11H12INO2. The summed E-state index contributed by atoms with van der Waals surface area (Å²) in [5, 5.41) is 2.94. The second kappa shape index (κ2) is 4.38. The average Bonchev–Trinajstić information content (AvgIpc) is 3.02. The van der Waals surface area contributed by atoms with E-state index in [0.29, 0.717) is 11.6 Å². The van der Waals surface area contributed by atoms with Gasteiger partial charge in [-0.1, -0.05) is 0 Å². The number of halogens is 1. The molecule has 1 aromatic rings. The molecule has 1 fully saturated rings. The van der Waals surface area contributed by atoms with Crippen LogP contribution in [0.3, 0.4) is 0 Å². The number of nitrogens with one attached hydrogen (secondary N) is 1. The first-order valence-electron chi connectivity index (χ1n) is 4.85. The Kier molecular flexibility index (Phi) is 3.14. The number of methoxy groups -OCH3 is 1. The summed E-state index contributed by atoms with van der Waals surface area (Å²) in [7, 11) is 1.61. The van der Waals surface area contributed by atoms with Gasteiger partial charge >= 0.3 is 0 Å². The van der Waals surface area contributed by atoms with Crippen LogP contribution in [0.5, 0.6) is 5.75 Å². The van der Waals surface area contributed by atoms with Crippen molar-refractivity contribution in [1.82, 2.24) is 5.32 Å². The first-order valence-corrected chi connectivity index (χ1v) is 5.93. The van der Waals surface area contributed by atoms with Crippen LogP contribution in [0.2, 0.25) is 0 Å². The highest BCUT2D eigenvalue weighted by Gasteiger charge is 2.23. The van der Waals surface area contributed by atoms with Crippen LogP contribution >= 0.6 is 22.6 Å². The van der Waals surface area contributed by atoms with Crippen LogP contribution < -0.4 is 10.1 Å². The molecule has 0 spiro atoms. The van der Waals surface area contributed by atoms with Gasteiger partial charge in [0, 0.05) is 11.6 Å². The van der Waals surface area contributed by atoms with Crippen LogP contribution in [-0.4, -0.2) is 19.1 Å². The smallest absolute Gasteiger partial charge is 0.251 e. The van der Waals surface area contributed by atoms with E-state index in [9.17, 15) is 4.79 Å². The van der Waals surface area contributed by atoms with E-state index in [1.165, 1.54) is 0 Å². The van der Waals surface area contributed by atoms with E-state index >= 15 is 0 Å². The summed E-state index contributed by atoms with van der Waals surface area (Å²) < 4.78 is 6.18. The van der Waals surface area contributed by atoms with E-state index in [2.05, 4.69) is 27.9 Å². The van der Waals surface area contributed by atoms with Crippen molar-refractivity contribution in [1.29, 1.82) is 0 Å². The molecule has 1 aliphatic carbocycles. The molecule has 0 bridgehead atoms. The highest BCUT2D eigenvalue weighted by molar-refractivity contribution is 14.1. The van der Waals surface area contributed by atoms with E-state index in [1.54, 1.807) is 13.2 Å². The van der Waals surface area contributed by atoms with E-state index in [4.69, 9.17) is 4.74 Å². The molecule has 0 aliphatic heterocycles. The molecule has 4 heteroatoms. The van der Waals surface area contributed by atoms with E-state index in [1.807, 2.05) is 12.1 Å². The fraction of sp³-hybridized carbons (Fsp3) is 0.364. The molecule has 0 aromatic heterocycles. The molecule has 0 radical (unpaired) electrons. The Bertz CT molecular complexity index is 388. The number of rotatable bonds is 3. The lowest BCUT2D eigenvalue weighted by Gasteiger charge is -2.07. The summed E-state index contributed by atoms with van der Waals surface area (Å²) in [5.41, 5.74) is 0.666. The minimum absolute atomic E-state index is 0.00722. The van der Waals surface area contributed by atoms with Crippen molar-refractivity contribution in [3.05, 3.63) is 27.3 Å². The van der Waals surface area contributed by atoms with Crippen LogP contribution in [0.1, 0.15) is 23.2 Å². The number of benzene rings is 1. The first kappa shape index (κ1) is 10.7. The topological polar surface area (TPSA) is 38.3 Å². The Morgan fingerprint density at radius 2 is 2.27 bits per heavy atom. The number of hydrogen-bond donors (Lipinski definition) is 1. The Morgan fingerprint density at radius 1 is 1.53 bits per heavy atom. The first-order chi connectivity index (χ1) is 7.20. The molecule has 0 atom stereocenters. The maximum absolute atomic E-state index is 11.7. The minimum Gasteiger partial charge on any atom is -0.496 e. The van der Waals surface area contributed by atoms with Crippen LogP contribution in [0.15, 0.2) is 18.2 Å². The third kappa shape index (κ3) is 2.62. The van der Waals surface area contributed by atoms with Gasteiger partial charge in [-0.05, 0) is 53.6 Å². The molecule has 0 heterocycles. The third-order valence-electron chi connectivity index (χ3n) is 2.33. The highest BCUT2D eigenvalue weighted by atomic mass is 127. The Labute approximate surface area is 102 Å². The summed E-state index contributed by atoms with van der Waals surface area (Å²) in [6.07, 6.45) is 2.21. The van der Waals surface area contributed by atoms with Gasteiger partial charge in [0.2, 0.25) is 0 Å². The van der Waals surface area contributed by atoms with Gasteiger partial charge < -0.3 is 10.1 Å². The van der Waals surface area contributed by atoms with Gasteiger partial charge in [-0.15, -0.1) is 0 Å². The molecule has 1 saturated carbocycles. The van der Waals surface area contributed by atoms with Crippen molar-refractivity contribution in [3.8, 4) is 5.75 Å². The Morgan fingerprint density at radius 3 is 2.87 bits per heavy atom. The average molecular weight is 317 g/mol. The van der Waals surface area contributed by atoms with Gasteiger partial charge in [-0.3, -0.25) is 4.79 Å². The quantitative estimate of drug-likeness (QED) is 0.868. The summed E-state index contributed by atoms with van der Waals surface area (Å²) in [6, 6.07) is 5.88. The number of carbonyl (C=O) groups excluding carboxylic acids is 1. The molecule has 1 aromatic carbocycles. The Hall–Kier alpha value is -0.780.